The maximum absolute atomic E-state index is 5.82. The number of hydrogen-bond donors (Lipinski definition) is 2. The van der Waals surface area contributed by atoms with Crippen LogP contribution in [-0.2, 0) is 0 Å². The molecule has 3 N–H and O–H groups in total. The minimum absolute atomic E-state index is 0.543. The van der Waals surface area contributed by atoms with Crippen molar-refractivity contribution in [3.63, 3.8) is 0 Å². The minimum atomic E-state index is 0.543. The Bertz CT molecular complexity index is 693. The van der Waals surface area contributed by atoms with E-state index in [1.54, 1.807) is 0 Å². The molecule has 3 heteroatoms. The molecule has 0 saturated carbocycles. The average Bonchev–Trinajstić information content (AvgIpc) is 3.21. The van der Waals surface area contributed by atoms with Crippen molar-refractivity contribution >= 4 is 0 Å². The number of nitrogens with two attached hydrogens (primary N) is 1. The van der Waals surface area contributed by atoms with Gasteiger partial charge in [-0.3, -0.25) is 0 Å². The highest BCUT2D eigenvalue weighted by atomic mass is 15.5. The van der Waals surface area contributed by atoms with Crippen molar-refractivity contribution in [3.8, 4) is 12.8 Å². The highest BCUT2D eigenvalue weighted by Gasteiger charge is 2.14. The SMILES string of the molecule is C#C.C=CC(C)CCCCCCCN(CCCCCCCC(C=C)CC(CCCCCCCC)CCCCCCCC)NCN.CCCCCCCCCC. The Morgan fingerprint density at radius 3 is 1.15 bits per heavy atom. The highest BCUT2D eigenvalue weighted by molar-refractivity contribution is 4.81. The summed E-state index contributed by atoms with van der Waals surface area (Å²) >= 11 is 0. The number of allylic oxidation sites excluding steroid dienone is 2. The van der Waals surface area contributed by atoms with E-state index in [1.165, 1.54) is 225 Å². The standard InChI is InChI=1S/C40H81N3.C10H22.C2H2/c1-6-10-12-14-19-26-32-40(33-27-20-15-13-11-7-2)36-39(9-4)31-25-21-17-23-29-35-43(42-37-41)34-28-22-16-18-24-30-38(5)8-3;1-3-5-7-9-10-8-6-4-2;1-2/h8-9,38-40,42H,3-4,6-7,10-37,41H2,1-2,5H3;3-10H2,1-2H3;1-2H. The Labute approximate surface area is 350 Å². The first-order valence-electron chi connectivity index (χ1n) is 24.8. The van der Waals surface area contributed by atoms with Gasteiger partial charge in [-0.25, -0.2) is 10.4 Å². The van der Waals surface area contributed by atoms with E-state index in [0.717, 1.165) is 24.9 Å². The number of nitrogens with one attached hydrogen (secondary N) is 1. The molecule has 0 aliphatic rings. The molecule has 0 amide bonds. The van der Waals surface area contributed by atoms with Gasteiger partial charge in [0.15, 0.2) is 0 Å². The summed E-state index contributed by atoms with van der Waals surface area (Å²) in [6.07, 6.45) is 61.2. The normalized spacial score (nSPS) is 12.2. The molecule has 328 valence electrons. The number of hydrogen-bond acceptors (Lipinski definition) is 3. The molecule has 55 heavy (non-hydrogen) atoms. The molecule has 0 fully saturated rings. The van der Waals surface area contributed by atoms with Crippen molar-refractivity contribution in [1.82, 2.24) is 10.4 Å². The zero-order valence-corrected chi connectivity index (χ0v) is 38.9. The van der Waals surface area contributed by atoms with Gasteiger partial charge in [0.2, 0.25) is 0 Å². The first kappa shape index (κ1) is 58.2. The molecule has 0 aromatic rings. The Hall–Kier alpha value is -1.08. The molecule has 0 bridgehead atoms. The van der Waals surface area contributed by atoms with E-state index >= 15 is 0 Å². The molecule has 0 aromatic heterocycles. The molecule has 0 rings (SSSR count). The van der Waals surface area contributed by atoms with Crippen molar-refractivity contribution in [2.24, 2.45) is 23.5 Å². The Morgan fingerprint density at radius 1 is 0.473 bits per heavy atom. The van der Waals surface area contributed by atoms with Gasteiger partial charge < -0.3 is 5.73 Å². The van der Waals surface area contributed by atoms with E-state index in [4.69, 9.17) is 5.73 Å². The summed E-state index contributed by atoms with van der Waals surface area (Å²) in [7, 11) is 0. The molecule has 3 nitrogen and oxygen atoms in total. The Kier molecular flexibility index (Phi) is 56.0. The van der Waals surface area contributed by atoms with Crippen LogP contribution >= 0.6 is 0 Å². The molecular formula is C52H105N3. The topological polar surface area (TPSA) is 41.3 Å². The van der Waals surface area contributed by atoms with Crippen molar-refractivity contribution in [2.75, 3.05) is 19.8 Å². The third-order valence-electron chi connectivity index (χ3n) is 11.7. The molecule has 0 heterocycles. The fourth-order valence-corrected chi connectivity index (χ4v) is 7.83. The van der Waals surface area contributed by atoms with Gasteiger partial charge in [-0.05, 0) is 49.9 Å². The number of nitrogens with zero attached hydrogens (tertiary/aromatic N) is 1. The minimum Gasteiger partial charge on any atom is -0.317 e. The van der Waals surface area contributed by atoms with Crippen LogP contribution in [0.1, 0.15) is 259 Å². The van der Waals surface area contributed by atoms with Crippen LogP contribution in [-0.4, -0.2) is 24.8 Å². The van der Waals surface area contributed by atoms with Crippen LogP contribution in [0, 0.1) is 30.6 Å². The monoisotopic (exact) mass is 772 g/mol. The fraction of sp³-hybridized carbons (Fsp3) is 0.885. The molecule has 2 unspecified atom stereocenters. The first-order chi connectivity index (χ1) is 27.0. The zero-order chi connectivity index (χ0) is 41.3. The van der Waals surface area contributed by atoms with Gasteiger partial charge in [0.05, 0.1) is 6.67 Å². The van der Waals surface area contributed by atoms with Crippen LogP contribution in [0.2, 0.25) is 0 Å². The van der Waals surface area contributed by atoms with Crippen LogP contribution in [0.3, 0.4) is 0 Å². The molecule has 0 radical (unpaired) electrons. The van der Waals surface area contributed by atoms with E-state index in [1.807, 2.05) is 0 Å². The van der Waals surface area contributed by atoms with E-state index in [2.05, 4.69) is 83.2 Å². The summed E-state index contributed by atoms with van der Waals surface area (Å²) in [5.74, 6) is 2.31. The maximum atomic E-state index is 5.82. The largest absolute Gasteiger partial charge is 0.317 e. The van der Waals surface area contributed by atoms with E-state index < -0.39 is 0 Å². The number of rotatable bonds is 43. The molecule has 0 aromatic carbocycles. The molecule has 2 atom stereocenters. The average molecular weight is 772 g/mol. The van der Waals surface area contributed by atoms with Gasteiger partial charge in [-0.1, -0.05) is 239 Å². The van der Waals surface area contributed by atoms with Crippen LogP contribution in [0.15, 0.2) is 25.3 Å². The summed E-state index contributed by atoms with van der Waals surface area (Å²) in [4.78, 5) is 0. The lowest BCUT2D eigenvalue weighted by Gasteiger charge is -2.23. The zero-order valence-electron chi connectivity index (χ0n) is 38.9. The lowest BCUT2D eigenvalue weighted by molar-refractivity contribution is 0.181. The first-order valence-corrected chi connectivity index (χ1v) is 24.8. The predicted molar refractivity (Wildman–Crippen MR) is 254 cm³/mol. The van der Waals surface area contributed by atoms with Gasteiger partial charge in [0, 0.05) is 13.1 Å². The van der Waals surface area contributed by atoms with Crippen molar-refractivity contribution < 1.29 is 0 Å². The summed E-state index contributed by atoms with van der Waals surface area (Å²) in [5.41, 5.74) is 9.21. The molecule has 0 saturated heterocycles. The molecular weight excluding hydrogens is 667 g/mol. The highest BCUT2D eigenvalue weighted by Crippen LogP contribution is 2.29. The molecule has 0 aliphatic heterocycles. The van der Waals surface area contributed by atoms with Gasteiger partial charge in [0.25, 0.3) is 0 Å². The Balaban J connectivity index is -0.00000193. The summed E-state index contributed by atoms with van der Waals surface area (Å²) < 4.78 is 0. The third kappa shape index (κ3) is 49.0. The smallest absolute Gasteiger partial charge is 0.0567 e. The van der Waals surface area contributed by atoms with Gasteiger partial charge >= 0.3 is 0 Å². The predicted octanol–water partition coefficient (Wildman–Crippen LogP) is 16.9. The molecule has 0 aliphatic carbocycles. The lowest BCUT2D eigenvalue weighted by atomic mass is 9.84. The van der Waals surface area contributed by atoms with Crippen LogP contribution < -0.4 is 11.2 Å². The Morgan fingerprint density at radius 2 is 0.800 bits per heavy atom. The maximum Gasteiger partial charge on any atom is 0.0567 e. The van der Waals surface area contributed by atoms with Crippen molar-refractivity contribution in [2.45, 2.75) is 259 Å². The van der Waals surface area contributed by atoms with Crippen LogP contribution in [0.5, 0.6) is 0 Å². The van der Waals surface area contributed by atoms with E-state index in [-0.39, 0.29) is 0 Å². The van der Waals surface area contributed by atoms with Gasteiger partial charge in [-0.15, -0.1) is 26.0 Å². The van der Waals surface area contributed by atoms with Gasteiger partial charge in [0.1, 0.15) is 0 Å². The second-order valence-corrected chi connectivity index (χ2v) is 17.0. The number of unbranched alkanes of at least 4 members (excludes halogenated alkanes) is 25. The van der Waals surface area contributed by atoms with Crippen molar-refractivity contribution in [1.29, 1.82) is 0 Å². The number of terminal acetylenes is 1. The quantitative estimate of drug-likeness (QED) is 0.0213. The van der Waals surface area contributed by atoms with E-state index in [9.17, 15) is 0 Å². The van der Waals surface area contributed by atoms with Gasteiger partial charge in [-0.2, -0.15) is 0 Å². The fourth-order valence-electron chi connectivity index (χ4n) is 7.83. The summed E-state index contributed by atoms with van der Waals surface area (Å²) in [6.45, 7) is 22.4. The second kappa shape index (κ2) is 52.9. The van der Waals surface area contributed by atoms with Crippen LogP contribution in [0.25, 0.3) is 0 Å². The summed E-state index contributed by atoms with van der Waals surface area (Å²) in [6, 6.07) is 0. The van der Waals surface area contributed by atoms with Crippen molar-refractivity contribution in [3.05, 3.63) is 25.3 Å². The van der Waals surface area contributed by atoms with E-state index in [0.29, 0.717) is 12.6 Å². The third-order valence-corrected chi connectivity index (χ3v) is 11.7. The van der Waals surface area contributed by atoms with Crippen LogP contribution in [0.4, 0.5) is 0 Å². The molecule has 0 spiro atoms. The lowest BCUT2D eigenvalue weighted by Crippen LogP contribution is -2.42. The number of hydrazine groups is 1. The summed E-state index contributed by atoms with van der Waals surface area (Å²) in [5, 5.41) is 2.38. The second-order valence-electron chi connectivity index (χ2n) is 17.0.